The summed E-state index contributed by atoms with van der Waals surface area (Å²) in [6.07, 6.45) is 3.29. The lowest BCUT2D eigenvalue weighted by molar-refractivity contribution is -0.122. The van der Waals surface area contributed by atoms with E-state index in [1.807, 2.05) is 6.92 Å². The van der Waals surface area contributed by atoms with Crippen LogP contribution in [0.3, 0.4) is 0 Å². The van der Waals surface area contributed by atoms with E-state index >= 15 is 0 Å². The maximum atomic E-state index is 12.2. The van der Waals surface area contributed by atoms with Crippen molar-refractivity contribution in [3.63, 3.8) is 0 Å². The highest BCUT2D eigenvalue weighted by Gasteiger charge is 2.16. The van der Waals surface area contributed by atoms with E-state index in [-0.39, 0.29) is 29.7 Å². The van der Waals surface area contributed by atoms with E-state index in [1.54, 1.807) is 7.05 Å². The Morgan fingerprint density at radius 1 is 1.32 bits per heavy atom. The van der Waals surface area contributed by atoms with Gasteiger partial charge in [-0.1, -0.05) is 13.3 Å². The van der Waals surface area contributed by atoms with Crippen molar-refractivity contribution in [1.29, 1.82) is 0 Å². The third-order valence-corrected chi connectivity index (χ3v) is 3.66. The molecule has 0 fully saturated rings. The van der Waals surface area contributed by atoms with Crippen LogP contribution in [0.5, 0.6) is 0 Å². The molecule has 22 heavy (non-hydrogen) atoms. The van der Waals surface area contributed by atoms with Crippen LogP contribution in [0.1, 0.15) is 26.7 Å². The molecule has 0 spiro atoms. The number of nitrogens with zero attached hydrogens (tertiary/aromatic N) is 4. The first kappa shape index (κ1) is 16.0. The summed E-state index contributed by atoms with van der Waals surface area (Å²) in [5.74, 6) is -0.184. The SMILES string of the molecule is CCC[C@@H](C)NC(=O)Cn1cnc2c1c(=O)n(C)c(=O)n2C. The Kier molecular flexibility index (Phi) is 4.48. The van der Waals surface area contributed by atoms with Gasteiger partial charge in [0.25, 0.3) is 5.56 Å². The number of imidazole rings is 1. The van der Waals surface area contributed by atoms with Gasteiger partial charge in [0.1, 0.15) is 6.54 Å². The van der Waals surface area contributed by atoms with Crippen LogP contribution in [0, 0.1) is 0 Å². The number of amides is 1. The molecule has 0 saturated heterocycles. The molecule has 0 aliphatic heterocycles. The number of carbonyl (C=O) groups is 1. The summed E-state index contributed by atoms with van der Waals surface area (Å²) < 4.78 is 3.79. The molecule has 1 atom stereocenters. The van der Waals surface area contributed by atoms with Crippen molar-refractivity contribution in [2.45, 2.75) is 39.3 Å². The van der Waals surface area contributed by atoms with Gasteiger partial charge in [0, 0.05) is 20.1 Å². The van der Waals surface area contributed by atoms with Gasteiger partial charge in [0.15, 0.2) is 11.2 Å². The lowest BCUT2D eigenvalue weighted by atomic mass is 10.2. The molecule has 0 saturated carbocycles. The largest absolute Gasteiger partial charge is 0.352 e. The number of fused-ring (bicyclic) bond motifs is 1. The first-order chi connectivity index (χ1) is 10.4. The molecule has 0 aliphatic rings. The maximum Gasteiger partial charge on any atom is 0.332 e. The molecule has 0 unspecified atom stereocenters. The van der Waals surface area contributed by atoms with Crippen molar-refractivity contribution in [1.82, 2.24) is 24.0 Å². The number of aryl methyl sites for hydroxylation is 1. The summed E-state index contributed by atoms with van der Waals surface area (Å²) >= 11 is 0. The molecule has 120 valence electrons. The summed E-state index contributed by atoms with van der Waals surface area (Å²) in [5, 5.41) is 2.88. The van der Waals surface area contributed by atoms with Crippen molar-refractivity contribution in [3.8, 4) is 0 Å². The minimum absolute atomic E-state index is 0.00199. The minimum atomic E-state index is -0.454. The molecule has 8 nitrogen and oxygen atoms in total. The van der Waals surface area contributed by atoms with Crippen molar-refractivity contribution < 1.29 is 4.79 Å². The first-order valence-corrected chi connectivity index (χ1v) is 7.27. The fourth-order valence-corrected chi connectivity index (χ4v) is 2.50. The second-order valence-electron chi connectivity index (χ2n) is 5.51. The van der Waals surface area contributed by atoms with Crippen LogP contribution < -0.4 is 16.6 Å². The zero-order valence-corrected chi connectivity index (χ0v) is 13.3. The zero-order valence-electron chi connectivity index (χ0n) is 13.3. The van der Waals surface area contributed by atoms with E-state index < -0.39 is 11.2 Å². The fourth-order valence-electron chi connectivity index (χ4n) is 2.50. The van der Waals surface area contributed by atoms with Gasteiger partial charge in [-0.3, -0.25) is 18.7 Å². The Hall–Kier alpha value is -2.38. The molecular formula is C14H21N5O3. The topological polar surface area (TPSA) is 90.9 Å². The van der Waals surface area contributed by atoms with E-state index in [9.17, 15) is 14.4 Å². The van der Waals surface area contributed by atoms with Crippen LogP contribution in [0.15, 0.2) is 15.9 Å². The molecule has 2 heterocycles. The van der Waals surface area contributed by atoms with Gasteiger partial charge >= 0.3 is 5.69 Å². The van der Waals surface area contributed by atoms with Gasteiger partial charge < -0.3 is 9.88 Å². The second kappa shape index (κ2) is 6.17. The predicted molar refractivity (Wildman–Crippen MR) is 82.7 cm³/mol. The van der Waals surface area contributed by atoms with Crippen LogP contribution in [-0.2, 0) is 25.4 Å². The average Bonchev–Trinajstić information content (AvgIpc) is 2.86. The van der Waals surface area contributed by atoms with Gasteiger partial charge in [-0.05, 0) is 13.3 Å². The van der Waals surface area contributed by atoms with Gasteiger partial charge in [-0.2, -0.15) is 0 Å². The Morgan fingerprint density at radius 2 is 2.00 bits per heavy atom. The summed E-state index contributed by atoms with van der Waals surface area (Å²) in [6, 6.07) is 0.0828. The number of nitrogens with one attached hydrogen (secondary N) is 1. The Bertz CT molecular complexity index is 814. The smallest absolute Gasteiger partial charge is 0.332 e. The van der Waals surface area contributed by atoms with Gasteiger partial charge in [0.05, 0.1) is 6.33 Å². The van der Waals surface area contributed by atoms with E-state index in [0.717, 1.165) is 17.4 Å². The van der Waals surface area contributed by atoms with Gasteiger partial charge in [0.2, 0.25) is 5.91 Å². The first-order valence-electron chi connectivity index (χ1n) is 7.27. The molecule has 0 aromatic carbocycles. The highest BCUT2D eigenvalue weighted by molar-refractivity contribution is 5.79. The number of aromatic nitrogens is 4. The van der Waals surface area contributed by atoms with E-state index in [1.165, 1.54) is 22.5 Å². The molecule has 2 aromatic heterocycles. The number of hydrogen-bond donors (Lipinski definition) is 1. The van der Waals surface area contributed by atoms with Crippen LogP contribution in [-0.4, -0.2) is 30.6 Å². The van der Waals surface area contributed by atoms with E-state index in [0.29, 0.717) is 0 Å². The molecule has 2 rings (SSSR count). The summed E-state index contributed by atoms with van der Waals surface area (Å²) in [4.78, 5) is 40.2. The molecule has 0 radical (unpaired) electrons. The third-order valence-electron chi connectivity index (χ3n) is 3.66. The van der Waals surface area contributed by atoms with Crippen molar-refractivity contribution in [3.05, 3.63) is 27.2 Å². The lowest BCUT2D eigenvalue weighted by Gasteiger charge is -2.13. The van der Waals surface area contributed by atoms with E-state index in [2.05, 4.69) is 17.2 Å². The number of hydrogen-bond acceptors (Lipinski definition) is 4. The summed E-state index contributed by atoms with van der Waals surface area (Å²) in [6.45, 7) is 3.99. The quantitative estimate of drug-likeness (QED) is 0.824. The molecule has 0 aliphatic carbocycles. The zero-order chi connectivity index (χ0) is 16.4. The molecule has 1 amide bonds. The Morgan fingerprint density at radius 3 is 2.64 bits per heavy atom. The molecule has 1 N–H and O–H groups in total. The third kappa shape index (κ3) is 2.81. The van der Waals surface area contributed by atoms with Crippen LogP contribution in [0.2, 0.25) is 0 Å². The number of rotatable bonds is 5. The normalized spacial score (nSPS) is 12.5. The molecule has 0 bridgehead atoms. The molecular weight excluding hydrogens is 286 g/mol. The Labute approximate surface area is 127 Å². The number of carbonyl (C=O) groups excluding carboxylic acids is 1. The second-order valence-corrected chi connectivity index (χ2v) is 5.51. The predicted octanol–water partition coefficient (Wildman–Crippen LogP) is -0.261. The summed E-state index contributed by atoms with van der Waals surface area (Å²) in [7, 11) is 2.95. The van der Waals surface area contributed by atoms with Crippen LogP contribution in [0.25, 0.3) is 11.2 Å². The van der Waals surface area contributed by atoms with Gasteiger partial charge in [-0.25, -0.2) is 9.78 Å². The van der Waals surface area contributed by atoms with Crippen LogP contribution >= 0.6 is 0 Å². The Balaban J connectivity index is 2.36. The molecule has 8 heteroatoms. The average molecular weight is 307 g/mol. The summed E-state index contributed by atoms with van der Waals surface area (Å²) in [5.41, 5.74) is -0.362. The standard InChI is InChI=1S/C14H21N5O3/c1-5-6-9(2)16-10(20)7-19-8-15-12-11(19)13(21)18(4)14(22)17(12)3/h8-9H,5-7H2,1-4H3,(H,16,20)/t9-/m1/s1. The minimum Gasteiger partial charge on any atom is -0.352 e. The van der Waals surface area contributed by atoms with Crippen molar-refractivity contribution in [2.24, 2.45) is 14.1 Å². The molecule has 2 aromatic rings. The van der Waals surface area contributed by atoms with Crippen molar-refractivity contribution >= 4 is 17.1 Å². The maximum absolute atomic E-state index is 12.2. The lowest BCUT2D eigenvalue weighted by Crippen LogP contribution is -2.38. The monoisotopic (exact) mass is 307 g/mol. The van der Waals surface area contributed by atoms with Crippen molar-refractivity contribution in [2.75, 3.05) is 0 Å². The van der Waals surface area contributed by atoms with Crippen LogP contribution in [0.4, 0.5) is 0 Å². The van der Waals surface area contributed by atoms with Gasteiger partial charge in [-0.15, -0.1) is 0 Å². The highest BCUT2D eigenvalue weighted by Crippen LogP contribution is 2.05. The fraction of sp³-hybridized carbons (Fsp3) is 0.571. The van der Waals surface area contributed by atoms with E-state index in [4.69, 9.17) is 0 Å². The highest BCUT2D eigenvalue weighted by atomic mass is 16.2.